The van der Waals surface area contributed by atoms with Gasteiger partial charge in [-0.2, -0.15) is 0 Å². The Balaban J connectivity index is 2.58. The van der Waals surface area contributed by atoms with E-state index < -0.39 is 0 Å². The van der Waals surface area contributed by atoms with Crippen molar-refractivity contribution >= 4 is 11.6 Å². The SMILES string of the molecule is CCCCC(CCC)Nc1cccc(NCC)n1. The maximum Gasteiger partial charge on any atom is 0.128 e. The summed E-state index contributed by atoms with van der Waals surface area (Å²) in [4.78, 5) is 4.57. The summed E-state index contributed by atoms with van der Waals surface area (Å²) in [5, 5.41) is 6.81. The van der Waals surface area contributed by atoms with Gasteiger partial charge in [-0.15, -0.1) is 0 Å². The molecule has 0 fully saturated rings. The van der Waals surface area contributed by atoms with Crippen LogP contribution in [0, 0.1) is 0 Å². The molecule has 0 aliphatic rings. The van der Waals surface area contributed by atoms with Gasteiger partial charge in [0, 0.05) is 12.6 Å². The molecule has 1 aromatic heterocycles. The first-order valence-electron chi connectivity index (χ1n) is 7.27. The van der Waals surface area contributed by atoms with Crippen LogP contribution in [0.1, 0.15) is 52.9 Å². The molecule has 0 saturated carbocycles. The molecule has 3 nitrogen and oxygen atoms in total. The lowest BCUT2D eigenvalue weighted by atomic mass is 10.1. The van der Waals surface area contributed by atoms with Crippen LogP contribution in [0.4, 0.5) is 11.6 Å². The van der Waals surface area contributed by atoms with Gasteiger partial charge in [-0.25, -0.2) is 4.98 Å². The Bertz CT molecular complexity index is 325. The molecule has 1 atom stereocenters. The van der Waals surface area contributed by atoms with Crippen molar-refractivity contribution in [2.45, 2.75) is 58.9 Å². The monoisotopic (exact) mass is 249 g/mol. The molecule has 3 heteroatoms. The number of anilines is 2. The second-order valence-electron chi connectivity index (χ2n) is 4.71. The van der Waals surface area contributed by atoms with E-state index in [2.05, 4.69) is 48.5 Å². The van der Waals surface area contributed by atoms with E-state index in [1.807, 2.05) is 6.07 Å². The first-order valence-corrected chi connectivity index (χ1v) is 7.27. The topological polar surface area (TPSA) is 37.0 Å². The molecule has 1 heterocycles. The van der Waals surface area contributed by atoms with Gasteiger partial charge >= 0.3 is 0 Å². The van der Waals surface area contributed by atoms with Gasteiger partial charge < -0.3 is 10.6 Å². The van der Waals surface area contributed by atoms with Crippen molar-refractivity contribution in [1.29, 1.82) is 0 Å². The second-order valence-corrected chi connectivity index (χ2v) is 4.71. The minimum atomic E-state index is 0.555. The Labute approximate surface area is 111 Å². The normalized spacial score (nSPS) is 12.2. The van der Waals surface area contributed by atoms with Crippen molar-refractivity contribution in [1.82, 2.24) is 4.98 Å². The summed E-state index contributed by atoms with van der Waals surface area (Å²) < 4.78 is 0. The molecule has 1 unspecified atom stereocenters. The van der Waals surface area contributed by atoms with Crippen LogP contribution in [-0.4, -0.2) is 17.6 Å². The lowest BCUT2D eigenvalue weighted by Crippen LogP contribution is -2.20. The summed E-state index contributed by atoms with van der Waals surface area (Å²) in [6.07, 6.45) is 6.20. The number of hydrogen-bond acceptors (Lipinski definition) is 3. The van der Waals surface area contributed by atoms with E-state index in [1.165, 1.54) is 32.1 Å². The number of pyridine rings is 1. The van der Waals surface area contributed by atoms with Gasteiger partial charge in [0.15, 0.2) is 0 Å². The highest BCUT2D eigenvalue weighted by Crippen LogP contribution is 2.15. The predicted molar refractivity (Wildman–Crippen MR) is 80.2 cm³/mol. The smallest absolute Gasteiger partial charge is 0.128 e. The van der Waals surface area contributed by atoms with Crippen LogP contribution in [0.15, 0.2) is 18.2 Å². The fourth-order valence-corrected chi connectivity index (χ4v) is 2.09. The van der Waals surface area contributed by atoms with E-state index in [-0.39, 0.29) is 0 Å². The predicted octanol–water partition coefficient (Wildman–Crippen LogP) is 4.28. The quantitative estimate of drug-likeness (QED) is 0.685. The maximum atomic E-state index is 4.57. The van der Waals surface area contributed by atoms with Gasteiger partial charge in [-0.1, -0.05) is 39.2 Å². The minimum absolute atomic E-state index is 0.555. The molecule has 0 radical (unpaired) electrons. The van der Waals surface area contributed by atoms with Crippen LogP contribution < -0.4 is 10.6 Å². The van der Waals surface area contributed by atoms with Crippen LogP contribution in [0.3, 0.4) is 0 Å². The van der Waals surface area contributed by atoms with Crippen molar-refractivity contribution in [3.05, 3.63) is 18.2 Å². The van der Waals surface area contributed by atoms with Crippen molar-refractivity contribution in [2.24, 2.45) is 0 Å². The summed E-state index contributed by atoms with van der Waals surface area (Å²) in [6, 6.07) is 6.67. The zero-order chi connectivity index (χ0) is 13.2. The molecule has 0 amide bonds. The van der Waals surface area contributed by atoms with Crippen LogP contribution in [-0.2, 0) is 0 Å². The van der Waals surface area contributed by atoms with Crippen molar-refractivity contribution in [2.75, 3.05) is 17.2 Å². The minimum Gasteiger partial charge on any atom is -0.370 e. The fourth-order valence-electron chi connectivity index (χ4n) is 2.09. The molecule has 18 heavy (non-hydrogen) atoms. The van der Waals surface area contributed by atoms with Gasteiger partial charge in [0.05, 0.1) is 0 Å². The van der Waals surface area contributed by atoms with E-state index in [9.17, 15) is 0 Å². The highest BCUT2D eigenvalue weighted by molar-refractivity contribution is 5.45. The Kier molecular flexibility index (Phi) is 7.23. The highest BCUT2D eigenvalue weighted by Gasteiger charge is 2.07. The van der Waals surface area contributed by atoms with Crippen molar-refractivity contribution < 1.29 is 0 Å². The summed E-state index contributed by atoms with van der Waals surface area (Å²) in [5.41, 5.74) is 0. The molecule has 1 aromatic rings. The third-order valence-corrected chi connectivity index (χ3v) is 3.00. The molecule has 102 valence electrons. The summed E-state index contributed by atoms with van der Waals surface area (Å²) in [7, 11) is 0. The molecule has 0 spiro atoms. The number of nitrogens with zero attached hydrogens (tertiary/aromatic N) is 1. The van der Waals surface area contributed by atoms with Gasteiger partial charge in [0.1, 0.15) is 11.6 Å². The molecule has 0 aliphatic heterocycles. The van der Waals surface area contributed by atoms with Crippen LogP contribution in [0.2, 0.25) is 0 Å². The highest BCUT2D eigenvalue weighted by atomic mass is 15.1. The van der Waals surface area contributed by atoms with Crippen LogP contribution in [0.25, 0.3) is 0 Å². The van der Waals surface area contributed by atoms with Gasteiger partial charge in [0.25, 0.3) is 0 Å². The number of hydrogen-bond donors (Lipinski definition) is 2. The largest absolute Gasteiger partial charge is 0.370 e. The fraction of sp³-hybridized carbons (Fsp3) is 0.667. The van der Waals surface area contributed by atoms with E-state index in [0.717, 1.165) is 18.2 Å². The van der Waals surface area contributed by atoms with Crippen LogP contribution >= 0.6 is 0 Å². The standard InChI is InChI=1S/C15H27N3/c1-4-7-10-13(9-5-2)17-15-12-8-11-14(18-15)16-6-3/h8,11-13H,4-7,9-10H2,1-3H3,(H2,16,17,18). The first kappa shape index (κ1) is 14.8. The van der Waals surface area contributed by atoms with E-state index >= 15 is 0 Å². The summed E-state index contributed by atoms with van der Waals surface area (Å²) >= 11 is 0. The van der Waals surface area contributed by atoms with Crippen molar-refractivity contribution in [3.63, 3.8) is 0 Å². The van der Waals surface area contributed by atoms with Crippen LogP contribution in [0.5, 0.6) is 0 Å². The number of aromatic nitrogens is 1. The third-order valence-electron chi connectivity index (χ3n) is 3.00. The van der Waals surface area contributed by atoms with Gasteiger partial charge in [-0.05, 0) is 31.9 Å². The Morgan fingerprint density at radius 3 is 2.50 bits per heavy atom. The average molecular weight is 249 g/mol. The summed E-state index contributed by atoms with van der Waals surface area (Å²) in [6.45, 7) is 7.48. The Morgan fingerprint density at radius 1 is 1.06 bits per heavy atom. The maximum absolute atomic E-state index is 4.57. The Morgan fingerprint density at radius 2 is 1.83 bits per heavy atom. The zero-order valence-corrected chi connectivity index (χ0v) is 12.0. The third kappa shape index (κ3) is 5.39. The number of unbranched alkanes of at least 4 members (excludes halogenated alkanes) is 1. The first-order chi connectivity index (χ1) is 8.80. The lowest BCUT2D eigenvalue weighted by Gasteiger charge is -2.19. The lowest BCUT2D eigenvalue weighted by molar-refractivity contribution is 0.563. The summed E-state index contributed by atoms with van der Waals surface area (Å²) in [5.74, 6) is 1.94. The molecular formula is C15H27N3. The zero-order valence-electron chi connectivity index (χ0n) is 12.0. The van der Waals surface area contributed by atoms with E-state index in [4.69, 9.17) is 0 Å². The molecule has 0 aliphatic carbocycles. The molecule has 0 saturated heterocycles. The molecule has 1 rings (SSSR count). The number of rotatable bonds is 9. The van der Waals surface area contributed by atoms with E-state index in [1.54, 1.807) is 0 Å². The van der Waals surface area contributed by atoms with Gasteiger partial charge in [-0.3, -0.25) is 0 Å². The van der Waals surface area contributed by atoms with Crippen molar-refractivity contribution in [3.8, 4) is 0 Å². The van der Waals surface area contributed by atoms with Gasteiger partial charge in [0.2, 0.25) is 0 Å². The molecule has 2 N–H and O–H groups in total. The number of nitrogens with one attached hydrogen (secondary N) is 2. The van der Waals surface area contributed by atoms with E-state index in [0.29, 0.717) is 6.04 Å². The molecular weight excluding hydrogens is 222 g/mol. The average Bonchev–Trinajstić information content (AvgIpc) is 2.37. The molecule has 0 aromatic carbocycles. The molecule has 0 bridgehead atoms. The second kappa shape index (κ2) is 8.78. The Hall–Kier alpha value is -1.25.